The van der Waals surface area contributed by atoms with Crippen LogP contribution < -0.4 is 10.1 Å². The van der Waals surface area contributed by atoms with Crippen molar-refractivity contribution in [3.63, 3.8) is 0 Å². The highest BCUT2D eigenvalue weighted by atomic mass is 16.6. The molecule has 1 aromatic rings. The summed E-state index contributed by atoms with van der Waals surface area (Å²) in [5, 5.41) is 3.47. The van der Waals surface area contributed by atoms with E-state index in [0.717, 1.165) is 30.8 Å². The number of hydrogen-bond donors (Lipinski definition) is 1. The SMILES string of the molecule is COc1ccc(N[C@@H]2CCCN(C(=O)OC(C)(C)C)C2)cc1. The molecule has 0 saturated carbocycles. The molecular weight excluding hydrogens is 280 g/mol. The molecule has 0 unspecified atom stereocenters. The number of nitrogens with zero attached hydrogens (tertiary/aromatic N) is 1. The minimum absolute atomic E-state index is 0.228. The third-order valence-corrected chi connectivity index (χ3v) is 3.53. The van der Waals surface area contributed by atoms with Gasteiger partial charge in [-0.25, -0.2) is 4.79 Å². The van der Waals surface area contributed by atoms with Crippen molar-refractivity contribution in [1.29, 1.82) is 0 Å². The highest BCUT2D eigenvalue weighted by Crippen LogP contribution is 2.20. The Labute approximate surface area is 132 Å². The number of piperidine rings is 1. The van der Waals surface area contributed by atoms with E-state index in [0.29, 0.717) is 6.54 Å². The first-order valence-corrected chi connectivity index (χ1v) is 7.76. The zero-order chi connectivity index (χ0) is 16.2. The van der Waals surface area contributed by atoms with Crippen LogP contribution in [0.4, 0.5) is 10.5 Å². The first kappa shape index (κ1) is 16.5. The lowest BCUT2D eigenvalue weighted by Crippen LogP contribution is -2.46. The predicted octanol–water partition coefficient (Wildman–Crippen LogP) is 3.51. The Hall–Kier alpha value is -1.91. The maximum Gasteiger partial charge on any atom is 0.410 e. The van der Waals surface area contributed by atoms with E-state index in [2.05, 4.69) is 5.32 Å². The summed E-state index contributed by atoms with van der Waals surface area (Å²) in [6.07, 6.45) is 1.80. The van der Waals surface area contributed by atoms with Gasteiger partial charge in [-0.3, -0.25) is 0 Å². The summed E-state index contributed by atoms with van der Waals surface area (Å²) in [6.45, 7) is 7.10. The molecule has 2 rings (SSSR count). The molecule has 1 heterocycles. The zero-order valence-corrected chi connectivity index (χ0v) is 13.9. The lowest BCUT2D eigenvalue weighted by atomic mass is 10.1. The molecule has 1 fully saturated rings. The number of carbonyl (C=O) groups is 1. The van der Waals surface area contributed by atoms with Crippen LogP contribution in [0.15, 0.2) is 24.3 Å². The highest BCUT2D eigenvalue weighted by Gasteiger charge is 2.27. The van der Waals surface area contributed by atoms with Gasteiger partial charge in [-0.05, 0) is 57.9 Å². The van der Waals surface area contributed by atoms with Gasteiger partial charge in [0.25, 0.3) is 0 Å². The fourth-order valence-electron chi connectivity index (χ4n) is 2.51. The van der Waals surface area contributed by atoms with Gasteiger partial charge in [-0.2, -0.15) is 0 Å². The van der Waals surface area contributed by atoms with E-state index in [4.69, 9.17) is 9.47 Å². The van der Waals surface area contributed by atoms with E-state index < -0.39 is 5.60 Å². The minimum Gasteiger partial charge on any atom is -0.497 e. The molecule has 1 atom stereocenters. The van der Waals surface area contributed by atoms with Crippen LogP contribution in [-0.4, -0.2) is 42.8 Å². The minimum atomic E-state index is -0.451. The Morgan fingerprint density at radius 3 is 2.55 bits per heavy atom. The van der Waals surface area contributed by atoms with Crippen LogP contribution in [0.1, 0.15) is 33.6 Å². The average Bonchev–Trinajstić information content (AvgIpc) is 2.46. The summed E-state index contributed by atoms with van der Waals surface area (Å²) in [7, 11) is 1.66. The quantitative estimate of drug-likeness (QED) is 0.928. The van der Waals surface area contributed by atoms with Crippen molar-refractivity contribution >= 4 is 11.8 Å². The van der Waals surface area contributed by atoms with Gasteiger partial charge in [-0.1, -0.05) is 0 Å². The summed E-state index contributed by atoms with van der Waals surface area (Å²) in [5.41, 5.74) is 0.588. The summed E-state index contributed by atoms with van der Waals surface area (Å²) in [5.74, 6) is 0.838. The maximum atomic E-state index is 12.2. The van der Waals surface area contributed by atoms with Crippen LogP contribution in [0.2, 0.25) is 0 Å². The van der Waals surface area contributed by atoms with Crippen molar-refractivity contribution in [2.24, 2.45) is 0 Å². The number of nitrogens with one attached hydrogen (secondary N) is 1. The van der Waals surface area contributed by atoms with Crippen molar-refractivity contribution in [2.45, 2.75) is 45.3 Å². The van der Waals surface area contributed by atoms with Gasteiger partial charge in [0.1, 0.15) is 11.4 Å². The lowest BCUT2D eigenvalue weighted by Gasteiger charge is -2.34. The molecule has 0 aliphatic carbocycles. The number of amides is 1. The fraction of sp³-hybridized carbons (Fsp3) is 0.588. The molecule has 1 N–H and O–H groups in total. The van der Waals surface area contributed by atoms with E-state index >= 15 is 0 Å². The number of ether oxygens (including phenoxy) is 2. The van der Waals surface area contributed by atoms with E-state index in [-0.39, 0.29) is 12.1 Å². The molecule has 0 spiro atoms. The number of methoxy groups -OCH3 is 1. The standard InChI is InChI=1S/C17H26N2O3/c1-17(2,3)22-16(20)19-11-5-6-14(12-19)18-13-7-9-15(21-4)10-8-13/h7-10,14,18H,5-6,11-12H2,1-4H3/t14-/m1/s1. The van der Waals surface area contributed by atoms with Crippen LogP contribution >= 0.6 is 0 Å². The van der Waals surface area contributed by atoms with Gasteiger partial charge in [0.2, 0.25) is 0 Å². The Kier molecular flexibility index (Phi) is 5.16. The summed E-state index contributed by atoms with van der Waals surface area (Å²) in [6, 6.07) is 8.08. The van der Waals surface area contributed by atoms with Gasteiger partial charge >= 0.3 is 6.09 Å². The van der Waals surface area contributed by atoms with Crippen LogP contribution in [0.3, 0.4) is 0 Å². The second-order valence-electron chi connectivity index (χ2n) is 6.64. The number of anilines is 1. The monoisotopic (exact) mass is 306 g/mol. The number of likely N-dealkylation sites (tertiary alicyclic amines) is 1. The van der Waals surface area contributed by atoms with Crippen LogP contribution in [0.25, 0.3) is 0 Å². The molecule has 5 nitrogen and oxygen atoms in total. The first-order valence-electron chi connectivity index (χ1n) is 7.76. The normalized spacial score (nSPS) is 18.7. The van der Waals surface area contributed by atoms with E-state index in [9.17, 15) is 4.79 Å². The zero-order valence-electron chi connectivity index (χ0n) is 13.9. The van der Waals surface area contributed by atoms with Gasteiger partial charge in [0.05, 0.1) is 7.11 Å². The third kappa shape index (κ3) is 4.83. The molecule has 22 heavy (non-hydrogen) atoms. The van der Waals surface area contributed by atoms with Crippen LogP contribution in [0.5, 0.6) is 5.75 Å². The Morgan fingerprint density at radius 1 is 1.27 bits per heavy atom. The molecule has 1 aromatic carbocycles. The van der Waals surface area contributed by atoms with Crippen molar-refractivity contribution < 1.29 is 14.3 Å². The molecule has 0 aromatic heterocycles. The predicted molar refractivity (Wildman–Crippen MR) is 87.4 cm³/mol. The molecule has 122 valence electrons. The topological polar surface area (TPSA) is 50.8 Å². The largest absolute Gasteiger partial charge is 0.497 e. The third-order valence-electron chi connectivity index (χ3n) is 3.53. The first-order chi connectivity index (χ1) is 10.4. The number of benzene rings is 1. The van der Waals surface area contributed by atoms with E-state index in [1.165, 1.54) is 0 Å². The van der Waals surface area contributed by atoms with Crippen LogP contribution in [-0.2, 0) is 4.74 Å². The smallest absolute Gasteiger partial charge is 0.410 e. The molecule has 5 heteroatoms. The Bertz CT molecular complexity index is 494. The average molecular weight is 306 g/mol. The molecule has 1 amide bonds. The second kappa shape index (κ2) is 6.90. The highest BCUT2D eigenvalue weighted by molar-refractivity contribution is 5.68. The fourth-order valence-corrected chi connectivity index (χ4v) is 2.51. The second-order valence-corrected chi connectivity index (χ2v) is 6.64. The molecular formula is C17H26N2O3. The molecule has 1 saturated heterocycles. The van der Waals surface area contributed by atoms with Gasteiger partial charge < -0.3 is 19.7 Å². The molecule has 1 aliphatic rings. The van der Waals surface area contributed by atoms with Crippen molar-refractivity contribution in [1.82, 2.24) is 4.90 Å². The van der Waals surface area contributed by atoms with Crippen molar-refractivity contribution in [3.8, 4) is 5.75 Å². The lowest BCUT2D eigenvalue weighted by molar-refractivity contribution is 0.0206. The van der Waals surface area contributed by atoms with Gasteiger partial charge in [0.15, 0.2) is 0 Å². The number of carbonyl (C=O) groups excluding carboxylic acids is 1. The van der Waals surface area contributed by atoms with Gasteiger partial charge in [0, 0.05) is 24.8 Å². The molecule has 1 aliphatic heterocycles. The van der Waals surface area contributed by atoms with Crippen LogP contribution in [0, 0.1) is 0 Å². The van der Waals surface area contributed by atoms with E-state index in [1.54, 1.807) is 12.0 Å². The van der Waals surface area contributed by atoms with Crippen molar-refractivity contribution in [3.05, 3.63) is 24.3 Å². The summed E-state index contributed by atoms with van der Waals surface area (Å²) < 4.78 is 10.6. The Balaban J connectivity index is 1.91. The number of rotatable bonds is 3. The van der Waals surface area contributed by atoms with Gasteiger partial charge in [-0.15, -0.1) is 0 Å². The Morgan fingerprint density at radius 2 is 1.95 bits per heavy atom. The summed E-state index contributed by atoms with van der Waals surface area (Å²) >= 11 is 0. The molecule has 0 radical (unpaired) electrons. The number of hydrogen-bond acceptors (Lipinski definition) is 4. The summed E-state index contributed by atoms with van der Waals surface area (Å²) in [4.78, 5) is 13.9. The van der Waals surface area contributed by atoms with E-state index in [1.807, 2.05) is 45.0 Å². The van der Waals surface area contributed by atoms with Crippen molar-refractivity contribution in [2.75, 3.05) is 25.5 Å². The molecule has 0 bridgehead atoms. The maximum absolute atomic E-state index is 12.2.